The lowest BCUT2D eigenvalue weighted by atomic mass is 10.1. The molecule has 1 atom stereocenters. The van der Waals surface area contributed by atoms with Crippen LogP contribution in [0.1, 0.15) is 6.42 Å². The second-order valence-electron chi connectivity index (χ2n) is 2.76. The van der Waals surface area contributed by atoms with E-state index in [0.717, 1.165) is 6.42 Å². The van der Waals surface area contributed by atoms with Gasteiger partial charge in [0.15, 0.2) is 0 Å². The average molecular weight is 132 g/mol. The first-order valence-corrected chi connectivity index (χ1v) is 3.11. The van der Waals surface area contributed by atoms with Gasteiger partial charge in [-0.3, -0.25) is 0 Å². The first kappa shape index (κ1) is 6.99. The molecule has 0 aromatic rings. The Labute approximate surface area is 53.9 Å². The number of hydrogen-bond donors (Lipinski definition) is 3. The molecule has 1 rings (SSSR count). The van der Waals surface area contributed by atoms with Crippen molar-refractivity contribution >= 4 is 0 Å². The molecule has 9 heavy (non-hydrogen) atoms. The molecule has 3 nitrogen and oxygen atoms in total. The molecule has 0 saturated heterocycles. The van der Waals surface area contributed by atoms with E-state index in [0.29, 0.717) is 0 Å². The molecule has 1 saturated carbocycles. The largest absolute Gasteiger partial charge is 0.396 e. The van der Waals surface area contributed by atoms with Gasteiger partial charge in [0, 0.05) is 12.0 Å². The highest BCUT2D eigenvalue weighted by Crippen LogP contribution is 2.51. The summed E-state index contributed by atoms with van der Waals surface area (Å²) in [5.74, 6) is 0.132. The molecule has 0 heterocycles. The van der Waals surface area contributed by atoms with Gasteiger partial charge in [0.1, 0.15) is 0 Å². The van der Waals surface area contributed by atoms with Gasteiger partial charge in [-0.2, -0.15) is 0 Å². The van der Waals surface area contributed by atoms with Gasteiger partial charge in [0.2, 0.25) is 0 Å². The van der Waals surface area contributed by atoms with E-state index >= 15 is 0 Å². The van der Waals surface area contributed by atoms with Crippen molar-refractivity contribution < 1.29 is 15.3 Å². The van der Waals surface area contributed by atoms with Crippen LogP contribution in [0.4, 0.5) is 0 Å². The van der Waals surface area contributed by atoms with Crippen molar-refractivity contribution in [1.82, 2.24) is 0 Å². The molecular formula is C6H12O3. The SMILES string of the molecule is OCC1CC1(CO)CO. The third kappa shape index (κ3) is 0.956. The quantitative estimate of drug-likeness (QED) is 0.460. The Morgan fingerprint density at radius 3 is 1.89 bits per heavy atom. The zero-order valence-electron chi connectivity index (χ0n) is 5.25. The summed E-state index contributed by atoms with van der Waals surface area (Å²) in [6, 6.07) is 0. The maximum absolute atomic E-state index is 8.69. The smallest absolute Gasteiger partial charge is 0.0513 e. The highest BCUT2D eigenvalue weighted by molar-refractivity contribution is 5.00. The second kappa shape index (κ2) is 2.25. The van der Waals surface area contributed by atoms with Crippen LogP contribution in [0, 0.1) is 11.3 Å². The van der Waals surface area contributed by atoms with E-state index < -0.39 is 0 Å². The topological polar surface area (TPSA) is 60.7 Å². The summed E-state index contributed by atoms with van der Waals surface area (Å²) in [7, 11) is 0. The minimum atomic E-state index is -0.339. The van der Waals surface area contributed by atoms with Crippen molar-refractivity contribution in [2.24, 2.45) is 11.3 Å². The number of aliphatic hydroxyl groups excluding tert-OH is 3. The first-order chi connectivity index (χ1) is 4.29. The Hall–Kier alpha value is -0.120. The maximum atomic E-state index is 8.69. The van der Waals surface area contributed by atoms with Crippen LogP contribution in [-0.4, -0.2) is 35.1 Å². The first-order valence-electron chi connectivity index (χ1n) is 3.11. The molecule has 1 fully saturated rings. The lowest BCUT2D eigenvalue weighted by Crippen LogP contribution is -2.16. The van der Waals surface area contributed by atoms with Crippen LogP contribution < -0.4 is 0 Å². The molecule has 3 heteroatoms. The second-order valence-corrected chi connectivity index (χ2v) is 2.76. The van der Waals surface area contributed by atoms with Crippen LogP contribution >= 0.6 is 0 Å². The van der Waals surface area contributed by atoms with Gasteiger partial charge >= 0.3 is 0 Å². The normalized spacial score (nSPS) is 30.3. The Morgan fingerprint density at radius 1 is 1.22 bits per heavy atom. The highest BCUT2D eigenvalue weighted by Gasteiger charge is 2.52. The Morgan fingerprint density at radius 2 is 1.78 bits per heavy atom. The molecular weight excluding hydrogens is 120 g/mol. The van der Waals surface area contributed by atoms with Crippen LogP contribution in [0.25, 0.3) is 0 Å². The van der Waals surface area contributed by atoms with Gasteiger partial charge in [0.05, 0.1) is 13.2 Å². The fourth-order valence-corrected chi connectivity index (χ4v) is 1.13. The van der Waals surface area contributed by atoms with Gasteiger partial charge in [-0.1, -0.05) is 0 Å². The summed E-state index contributed by atoms with van der Waals surface area (Å²) in [5.41, 5.74) is -0.339. The maximum Gasteiger partial charge on any atom is 0.0513 e. The Balaban J connectivity index is 2.37. The van der Waals surface area contributed by atoms with Crippen molar-refractivity contribution in [3.63, 3.8) is 0 Å². The minimum Gasteiger partial charge on any atom is -0.396 e. The third-order valence-electron chi connectivity index (χ3n) is 2.21. The van der Waals surface area contributed by atoms with E-state index in [1.807, 2.05) is 0 Å². The molecule has 54 valence electrons. The molecule has 0 aromatic heterocycles. The van der Waals surface area contributed by atoms with E-state index in [1.54, 1.807) is 0 Å². The predicted octanol–water partition coefficient (Wildman–Crippen LogP) is -1.03. The van der Waals surface area contributed by atoms with Crippen molar-refractivity contribution in [1.29, 1.82) is 0 Å². The standard InChI is InChI=1S/C6H12O3/c7-2-5-1-6(5,3-8)4-9/h5,7-9H,1-4H2. The zero-order chi connectivity index (χ0) is 6.91. The zero-order valence-corrected chi connectivity index (χ0v) is 5.25. The number of rotatable bonds is 3. The molecule has 0 aliphatic heterocycles. The third-order valence-corrected chi connectivity index (χ3v) is 2.21. The summed E-state index contributed by atoms with van der Waals surface area (Å²) >= 11 is 0. The van der Waals surface area contributed by atoms with E-state index in [-0.39, 0.29) is 31.2 Å². The molecule has 0 bridgehead atoms. The summed E-state index contributed by atoms with van der Waals surface area (Å²) in [5, 5.41) is 26.0. The number of hydrogen-bond acceptors (Lipinski definition) is 3. The molecule has 0 radical (unpaired) electrons. The molecule has 1 aliphatic rings. The van der Waals surface area contributed by atoms with Gasteiger partial charge in [-0.05, 0) is 12.3 Å². The molecule has 0 aromatic carbocycles. The van der Waals surface area contributed by atoms with Crippen LogP contribution in [0.5, 0.6) is 0 Å². The van der Waals surface area contributed by atoms with E-state index in [1.165, 1.54) is 0 Å². The Kier molecular flexibility index (Phi) is 1.75. The van der Waals surface area contributed by atoms with E-state index in [2.05, 4.69) is 0 Å². The molecule has 0 spiro atoms. The lowest BCUT2D eigenvalue weighted by molar-refractivity contribution is 0.108. The molecule has 3 N–H and O–H groups in total. The van der Waals surface area contributed by atoms with Crippen LogP contribution in [0.2, 0.25) is 0 Å². The van der Waals surface area contributed by atoms with Gasteiger partial charge < -0.3 is 15.3 Å². The minimum absolute atomic E-state index is 0.00523. The van der Waals surface area contributed by atoms with Gasteiger partial charge in [-0.15, -0.1) is 0 Å². The van der Waals surface area contributed by atoms with Crippen LogP contribution in [0.15, 0.2) is 0 Å². The summed E-state index contributed by atoms with van der Waals surface area (Å²) in [4.78, 5) is 0. The highest BCUT2D eigenvalue weighted by atomic mass is 16.3. The van der Waals surface area contributed by atoms with Crippen molar-refractivity contribution in [2.45, 2.75) is 6.42 Å². The van der Waals surface area contributed by atoms with Gasteiger partial charge in [-0.25, -0.2) is 0 Å². The van der Waals surface area contributed by atoms with Gasteiger partial charge in [0.25, 0.3) is 0 Å². The van der Waals surface area contributed by atoms with Crippen molar-refractivity contribution in [3.8, 4) is 0 Å². The molecule has 1 unspecified atom stereocenters. The van der Waals surface area contributed by atoms with Crippen molar-refractivity contribution in [3.05, 3.63) is 0 Å². The fraction of sp³-hybridized carbons (Fsp3) is 1.00. The number of aliphatic hydroxyl groups is 3. The summed E-state index contributed by atoms with van der Waals surface area (Å²) in [6.45, 7) is 0.0740. The van der Waals surface area contributed by atoms with E-state index in [4.69, 9.17) is 15.3 Å². The average Bonchev–Trinajstić information content (AvgIpc) is 2.63. The molecule has 1 aliphatic carbocycles. The lowest BCUT2D eigenvalue weighted by Gasteiger charge is -2.07. The molecule has 0 amide bonds. The summed E-state index contributed by atoms with van der Waals surface area (Å²) < 4.78 is 0. The fourth-order valence-electron chi connectivity index (χ4n) is 1.13. The van der Waals surface area contributed by atoms with Crippen molar-refractivity contribution in [2.75, 3.05) is 19.8 Å². The van der Waals surface area contributed by atoms with E-state index in [9.17, 15) is 0 Å². The predicted molar refractivity (Wildman–Crippen MR) is 31.8 cm³/mol. The monoisotopic (exact) mass is 132 g/mol. The van der Waals surface area contributed by atoms with Crippen LogP contribution in [0.3, 0.4) is 0 Å². The summed E-state index contributed by atoms with van der Waals surface area (Å²) in [6.07, 6.45) is 0.760. The van der Waals surface area contributed by atoms with Crippen LogP contribution in [-0.2, 0) is 0 Å². The Bertz CT molecular complexity index is 98.5.